The van der Waals surface area contributed by atoms with Crippen molar-refractivity contribution in [2.24, 2.45) is 47.3 Å². The molecule has 4 bridgehead atoms. The van der Waals surface area contributed by atoms with E-state index in [0.29, 0.717) is 23.7 Å². The highest BCUT2D eigenvalue weighted by Gasteiger charge is 2.67. The van der Waals surface area contributed by atoms with E-state index in [-0.39, 0.29) is 11.8 Å². The Morgan fingerprint density at radius 3 is 2.16 bits per heavy atom. The third-order valence-corrected chi connectivity index (χ3v) is 7.06. The van der Waals surface area contributed by atoms with Crippen molar-refractivity contribution in [3.05, 3.63) is 0 Å². The molecule has 4 rings (SSSR count). The van der Waals surface area contributed by atoms with E-state index in [1.807, 2.05) is 6.92 Å². The number of halogens is 3. The zero-order valence-electron chi connectivity index (χ0n) is 11.1. The van der Waals surface area contributed by atoms with Crippen molar-refractivity contribution in [1.82, 2.24) is 0 Å². The first-order chi connectivity index (χ1) is 8.89. The molecule has 0 amide bonds. The maximum absolute atomic E-state index is 12.9. The summed E-state index contributed by atoms with van der Waals surface area (Å²) >= 11 is 0. The summed E-state index contributed by atoms with van der Waals surface area (Å²) in [5, 5.41) is 9.74. The Morgan fingerprint density at radius 1 is 1.00 bits per heavy atom. The molecule has 0 heterocycles. The molecule has 19 heavy (non-hydrogen) atoms. The Morgan fingerprint density at radius 2 is 1.58 bits per heavy atom. The molecule has 4 aliphatic rings. The lowest BCUT2D eigenvalue weighted by molar-refractivity contribution is -0.233. The lowest BCUT2D eigenvalue weighted by Gasteiger charge is -2.44. The second-order valence-electron chi connectivity index (χ2n) is 7.47. The number of aliphatic hydroxyl groups is 1. The van der Waals surface area contributed by atoms with Crippen molar-refractivity contribution in [2.45, 2.75) is 44.9 Å². The fourth-order valence-electron chi connectivity index (χ4n) is 6.67. The fraction of sp³-hybridized carbons (Fsp3) is 1.00. The Balaban J connectivity index is 1.64. The minimum atomic E-state index is -4.45. The van der Waals surface area contributed by atoms with Gasteiger partial charge >= 0.3 is 6.18 Å². The van der Waals surface area contributed by atoms with E-state index in [1.54, 1.807) is 0 Å². The molecule has 9 atom stereocenters. The van der Waals surface area contributed by atoms with Crippen LogP contribution in [0.25, 0.3) is 0 Å². The molecular weight excluding hydrogens is 253 g/mol. The van der Waals surface area contributed by atoms with Crippen molar-refractivity contribution < 1.29 is 18.3 Å². The first-order valence-corrected chi connectivity index (χ1v) is 7.64. The molecule has 4 saturated carbocycles. The van der Waals surface area contributed by atoms with Gasteiger partial charge in [0.2, 0.25) is 0 Å². The number of aliphatic hydroxyl groups excluding tert-OH is 1. The Bertz CT molecular complexity index is 393. The summed E-state index contributed by atoms with van der Waals surface area (Å²) in [7, 11) is 0. The molecular formula is C15H21F3O. The summed E-state index contributed by atoms with van der Waals surface area (Å²) < 4.78 is 38.6. The molecule has 0 spiro atoms. The van der Waals surface area contributed by atoms with E-state index in [2.05, 4.69) is 0 Å². The van der Waals surface area contributed by atoms with Crippen molar-refractivity contribution >= 4 is 0 Å². The standard InChI is InChI=1S/C15H21F3O/c1-6-9-5-10(11(6)14(19)15(16,17)18)13-8-3-2-7(4-8)12(9)13/h6-14,19H,2-5H2,1H3. The van der Waals surface area contributed by atoms with E-state index >= 15 is 0 Å². The van der Waals surface area contributed by atoms with Crippen LogP contribution in [0.3, 0.4) is 0 Å². The van der Waals surface area contributed by atoms with Gasteiger partial charge in [0.05, 0.1) is 0 Å². The fourth-order valence-corrected chi connectivity index (χ4v) is 6.67. The van der Waals surface area contributed by atoms with E-state index in [0.717, 1.165) is 12.3 Å². The van der Waals surface area contributed by atoms with Crippen molar-refractivity contribution in [2.75, 3.05) is 0 Å². The monoisotopic (exact) mass is 274 g/mol. The smallest absolute Gasteiger partial charge is 0.383 e. The van der Waals surface area contributed by atoms with Gasteiger partial charge in [-0.05, 0) is 73.0 Å². The highest BCUT2D eigenvalue weighted by Crippen LogP contribution is 2.71. The number of hydrogen-bond acceptors (Lipinski definition) is 1. The third-order valence-electron chi connectivity index (χ3n) is 7.06. The zero-order valence-corrected chi connectivity index (χ0v) is 11.1. The van der Waals surface area contributed by atoms with Gasteiger partial charge in [0.15, 0.2) is 6.10 Å². The molecule has 9 unspecified atom stereocenters. The molecule has 1 nitrogen and oxygen atoms in total. The molecule has 0 radical (unpaired) electrons. The molecule has 0 aromatic carbocycles. The Kier molecular flexibility index (Phi) is 2.42. The molecule has 0 aromatic heterocycles. The largest absolute Gasteiger partial charge is 0.414 e. The topological polar surface area (TPSA) is 20.2 Å². The van der Waals surface area contributed by atoms with Gasteiger partial charge in [-0.15, -0.1) is 0 Å². The van der Waals surface area contributed by atoms with E-state index in [4.69, 9.17) is 0 Å². The predicted octanol–water partition coefficient (Wildman–Crippen LogP) is 3.47. The van der Waals surface area contributed by atoms with Crippen LogP contribution in [-0.2, 0) is 0 Å². The quantitative estimate of drug-likeness (QED) is 0.726. The summed E-state index contributed by atoms with van der Waals surface area (Å²) in [5.74, 6) is 2.74. The van der Waals surface area contributed by atoms with Crippen LogP contribution < -0.4 is 0 Å². The Hall–Kier alpha value is -0.250. The Labute approximate surface area is 111 Å². The molecule has 0 saturated heterocycles. The van der Waals surface area contributed by atoms with Crippen LogP contribution in [0, 0.1) is 47.3 Å². The first kappa shape index (κ1) is 12.5. The number of hydrogen-bond donors (Lipinski definition) is 1. The van der Waals surface area contributed by atoms with Gasteiger partial charge in [-0.3, -0.25) is 0 Å². The number of alkyl halides is 3. The van der Waals surface area contributed by atoms with Gasteiger partial charge in [-0.2, -0.15) is 13.2 Å². The number of rotatable bonds is 1. The molecule has 4 heteroatoms. The normalized spacial score (nSPS) is 56.7. The zero-order chi connectivity index (χ0) is 13.5. The molecule has 4 fully saturated rings. The van der Waals surface area contributed by atoms with Crippen LogP contribution in [0.2, 0.25) is 0 Å². The highest BCUT2D eigenvalue weighted by atomic mass is 19.4. The van der Waals surface area contributed by atoms with Gasteiger partial charge in [0.25, 0.3) is 0 Å². The van der Waals surface area contributed by atoms with Crippen LogP contribution in [0.5, 0.6) is 0 Å². The maximum Gasteiger partial charge on any atom is 0.414 e. The summed E-state index contributed by atoms with van der Waals surface area (Å²) in [6.07, 6.45) is -1.83. The first-order valence-electron chi connectivity index (χ1n) is 7.64. The lowest BCUT2D eigenvalue weighted by atomic mass is 9.62. The summed E-state index contributed by atoms with van der Waals surface area (Å²) in [6.45, 7) is 1.95. The summed E-state index contributed by atoms with van der Waals surface area (Å²) in [5.41, 5.74) is 0. The van der Waals surface area contributed by atoms with Crippen molar-refractivity contribution in [3.63, 3.8) is 0 Å². The third kappa shape index (κ3) is 1.47. The van der Waals surface area contributed by atoms with Crippen LogP contribution >= 0.6 is 0 Å². The molecule has 1 N–H and O–H groups in total. The minimum Gasteiger partial charge on any atom is -0.383 e. The summed E-state index contributed by atoms with van der Waals surface area (Å²) in [6, 6.07) is 0. The van der Waals surface area contributed by atoms with Gasteiger partial charge in [0, 0.05) is 0 Å². The molecule has 0 aliphatic heterocycles. The van der Waals surface area contributed by atoms with E-state index in [1.165, 1.54) is 19.3 Å². The van der Waals surface area contributed by atoms with Crippen LogP contribution in [0.4, 0.5) is 13.2 Å². The van der Waals surface area contributed by atoms with E-state index < -0.39 is 18.2 Å². The summed E-state index contributed by atoms with van der Waals surface area (Å²) in [4.78, 5) is 0. The minimum absolute atomic E-state index is 0.0437. The van der Waals surface area contributed by atoms with Gasteiger partial charge in [-0.25, -0.2) is 0 Å². The highest BCUT2D eigenvalue weighted by molar-refractivity contribution is 5.14. The molecule has 0 aromatic rings. The van der Waals surface area contributed by atoms with Crippen molar-refractivity contribution in [1.29, 1.82) is 0 Å². The van der Waals surface area contributed by atoms with Gasteiger partial charge in [-0.1, -0.05) is 6.92 Å². The maximum atomic E-state index is 12.9. The molecule has 4 aliphatic carbocycles. The average molecular weight is 274 g/mol. The second kappa shape index (κ2) is 3.69. The number of fused-ring (bicyclic) bond motifs is 9. The van der Waals surface area contributed by atoms with Crippen LogP contribution in [0.1, 0.15) is 32.6 Å². The van der Waals surface area contributed by atoms with Crippen LogP contribution in [-0.4, -0.2) is 17.4 Å². The average Bonchev–Trinajstić information content (AvgIpc) is 3.03. The van der Waals surface area contributed by atoms with E-state index in [9.17, 15) is 18.3 Å². The lowest BCUT2D eigenvalue weighted by Crippen LogP contribution is -2.47. The van der Waals surface area contributed by atoms with Gasteiger partial charge < -0.3 is 5.11 Å². The predicted molar refractivity (Wildman–Crippen MR) is 64.1 cm³/mol. The molecule has 108 valence electrons. The van der Waals surface area contributed by atoms with Crippen molar-refractivity contribution in [3.8, 4) is 0 Å². The van der Waals surface area contributed by atoms with Crippen LogP contribution in [0.15, 0.2) is 0 Å². The second-order valence-corrected chi connectivity index (χ2v) is 7.47. The SMILES string of the molecule is CC1C2CC(C3C4CCC(C4)C23)C1C(O)C(F)(F)F. The van der Waals surface area contributed by atoms with Gasteiger partial charge in [0.1, 0.15) is 0 Å².